The molecule has 1 aromatic rings. The SMILES string of the molecule is N#CSCOc1c(Cl)cnc(Cl)c1Cl. The summed E-state index contributed by atoms with van der Waals surface area (Å²) in [7, 11) is 0. The molecule has 0 amide bonds. The van der Waals surface area contributed by atoms with Crippen molar-refractivity contribution in [3.05, 3.63) is 21.4 Å². The summed E-state index contributed by atoms with van der Waals surface area (Å²) >= 11 is 18.1. The molecule has 1 rings (SSSR count). The van der Waals surface area contributed by atoms with Gasteiger partial charge in [0.1, 0.15) is 21.4 Å². The minimum Gasteiger partial charge on any atom is -0.479 e. The first-order valence-corrected chi connectivity index (χ1v) is 5.42. The first-order chi connectivity index (χ1) is 6.66. The summed E-state index contributed by atoms with van der Waals surface area (Å²) in [5.41, 5.74) is 0. The number of aromatic nitrogens is 1. The van der Waals surface area contributed by atoms with Crippen LogP contribution >= 0.6 is 46.6 Å². The topological polar surface area (TPSA) is 45.9 Å². The van der Waals surface area contributed by atoms with E-state index in [4.69, 9.17) is 44.8 Å². The molecule has 14 heavy (non-hydrogen) atoms. The third kappa shape index (κ3) is 2.82. The van der Waals surface area contributed by atoms with Crippen molar-refractivity contribution in [2.75, 3.05) is 5.94 Å². The Hall–Kier alpha value is -0.340. The van der Waals surface area contributed by atoms with E-state index >= 15 is 0 Å². The first-order valence-electron chi connectivity index (χ1n) is 3.30. The molecule has 0 N–H and O–H groups in total. The van der Waals surface area contributed by atoms with E-state index in [1.807, 2.05) is 5.40 Å². The summed E-state index contributed by atoms with van der Waals surface area (Å²) in [5, 5.41) is 10.6. The van der Waals surface area contributed by atoms with Gasteiger partial charge in [0.25, 0.3) is 0 Å². The number of halogens is 3. The first kappa shape index (κ1) is 11.7. The van der Waals surface area contributed by atoms with Gasteiger partial charge in [-0.05, 0) is 11.8 Å². The van der Waals surface area contributed by atoms with Crippen LogP contribution in [0, 0.1) is 10.7 Å². The molecule has 0 aliphatic heterocycles. The van der Waals surface area contributed by atoms with Crippen molar-refractivity contribution >= 4 is 46.6 Å². The zero-order valence-corrected chi connectivity index (χ0v) is 9.71. The van der Waals surface area contributed by atoms with Gasteiger partial charge in [-0.3, -0.25) is 0 Å². The monoisotopic (exact) mass is 268 g/mol. The molecule has 0 aliphatic rings. The van der Waals surface area contributed by atoms with Crippen LogP contribution in [0.2, 0.25) is 15.2 Å². The fourth-order valence-electron chi connectivity index (χ4n) is 0.674. The summed E-state index contributed by atoms with van der Waals surface area (Å²) in [5.74, 6) is 0.382. The largest absolute Gasteiger partial charge is 0.479 e. The van der Waals surface area contributed by atoms with Gasteiger partial charge in [0.2, 0.25) is 0 Å². The van der Waals surface area contributed by atoms with Crippen LogP contribution in [0.3, 0.4) is 0 Å². The van der Waals surface area contributed by atoms with E-state index in [9.17, 15) is 0 Å². The predicted molar refractivity (Wildman–Crippen MR) is 58.0 cm³/mol. The Bertz CT molecular complexity index is 380. The summed E-state index contributed by atoms with van der Waals surface area (Å²) in [6, 6.07) is 0. The number of hydrogen-bond donors (Lipinski definition) is 0. The van der Waals surface area contributed by atoms with Crippen LogP contribution in [0.15, 0.2) is 6.20 Å². The molecule has 0 radical (unpaired) electrons. The highest BCUT2D eigenvalue weighted by molar-refractivity contribution is 8.03. The van der Waals surface area contributed by atoms with Crippen LogP contribution in [0.5, 0.6) is 5.75 Å². The lowest BCUT2D eigenvalue weighted by atomic mass is 10.4. The second-order valence-electron chi connectivity index (χ2n) is 2.04. The molecule has 0 unspecified atom stereocenters. The number of nitriles is 1. The van der Waals surface area contributed by atoms with E-state index in [1.165, 1.54) is 6.20 Å². The second-order valence-corrected chi connectivity index (χ2v) is 3.89. The highest BCUT2D eigenvalue weighted by Crippen LogP contribution is 2.36. The van der Waals surface area contributed by atoms with Crippen LogP contribution in [0.4, 0.5) is 0 Å². The molecule has 0 aromatic carbocycles. The minimum absolute atomic E-state index is 0.119. The molecular formula is C7H3Cl3N2OS. The van der Waals surface area contributed by atoms with Crippen molar-refractivity contribution in [2.24, 2.45) is 0 Å². The van der Waals surface area contributed by atoms with Crippen molar-refractivity contribution in [1.82, 2.24) is 4.98 Å². The molecule has 0 spiro atoms. The van der Waals surface area contributed by atoms with E-state index in [1.54, 1.807) is 0 Å². The van der Waals surface area contributed by atoms with Crippen LogP contribution in [0.1, 0.15) is 0 Å². The van der Waals surface area contributed by atoms with Crippen molar-refractivity contribution < 1.29 is 4.74 Å². The zero-order valence-electron chi connectivity index (χ0n) is 6.63. The van der Waals surface area contributed by atoms with Gasteiger partial charge in [0.05, 0.1) is 6.20 Å². The Morgan fingerprint density at radius 3 is 2.86 bits per heavy atom. The van der Waals surface area contributed by atoms with Crippen molar-refractivity contribution in [3.63, 3.8) is 0 Å². The van der Waals surface area contributed by atoms with Gasteiger partial charge >= 0.3 is 0 Å². The van der Waals surface area contributed by atoms with E-state index in [0.717, 1.165) is 11.8 Å². The van der Waals surface area contributed by atoms with Crippen molar-refractivity contribution in [1.29, 1.82) is 5.26 Å². The molecule has 0 bridgehead atoms. The van der Waals surface area contributed by atoms with Gasteiger partial charge in [-0.1, -0.05) is 34.8 Å². The Morgan fingerprint density at radius 2 is 2.21 bits per heavy atom. The summed E-state index contributed by atoms with van der Waals surface area (Å²) in [6.45, 7) is 0. The lowest BCUT2D eigenvalue weighted by Gasteiger charge is -2.07. The van der Waals surface area contributed by atoms with Gasteiger partial charge in [-0.25, -0.2) is 4.98 Å². The highest BCUT2D eigenvalue weighted by atomic mass is 35.5. The van der Waals surface area contributed by atoms with Crippen molar-refractivity contribution in [2.45, 2.75) is 0 Å². The number of thioether (sulfide) groups is 1. The quantitative estimate of drug-likeness (QED) is 0.364. The Morgan fingerprint density at radius 1 is 1.50 bits per heavy atom. The molecular weight excluding hydrogens is 267 g/mol. The number of hydrogen-bond acceptors (Lipinski definition) is 4. The average Bonchev–Trinajstić information content (AvgIpc) is 2.18. The molecule has 1 aromatic heterocycles. The number of ether oxygens (including phenoxy) is 1. The summed E-state index contributed by atoms with van der Waals surface area (Å²) in [4.78, 5) is 3.72. The molecule has 3 nitrogen and oxygen atoms in total. The van der Waals surface area contributed by atoms with Gasteiger partial charge in [-0.15, -0.1) is 0 Å². The molecule has 0 atom stereocenters. The van der Waals surface area contributed by atoms with Crippen molar-refractivity contribution in [3.8, 4) is 11.2 Å². The van der Waals surface area contributed by atoms with E-state index in [2.05, 4.69) is 4.98 Å². The Kier molecular flexibility index (Phi) is 4.63. The molecule has 0 fully saturated rings. The van der Waals surface area contributed by atoms with E-state index < -0.39 is 0 Å². The fourth-order valence-corrected chi connectivity index (χ4v) is 1.49. The maximum atomic E-state index is 8.27. The predicted octanol–water partition coefficient (Wildman–Crippen LogP) is 3.59. The van der Waals surface area contributed by atoms with E-state index in [-0.39, 0.29) is 26.9 Å². The highest BCUT2D eigenvalue weighted by Gasteiger charge is 2.11. The van der Waals surface area contributed by atoms with Crippen LogP contribution in [-0.4, -0.2) is 10.9 Å². The third-order valence-electron chi connectivity index (χ3n) is 1.22. The maximum absolute atomic E-state index is 8.27. The molecule has 0 aliphatic carbocycles. The van der Waals surface area contributed by atoms with Crippen LogP contribution in [-0.2, 0) is 0 Å². The fraction of sp³-hybridized carbons (Fsp3) is 0.143. The van der Waals surface area contributed by atoms with Gasteiger partial charge < -0.3 is 4.74 Å². The number of nitrogens with zero attached hydrogens (tertiary/aromatic N) is 2. The number of pyridine rings is 1. The summed E-state index contributed by atoms with van der Waals surface area (Å²) in [6.07, 6.45) is 1.34. The van der Waals surface area contributed by atoms with Crippen LogP contribution in [0.25, 0.3) is 0 Å². The number of rotatable bonds is 3. The van der Waals surface area contributed by atoms with Crippen LogP contribution < -0.4 is 4.74 Å². The molecule has 7 heteroatoms. The standard InChI is InChI=1S/C7H3Cl3N2OS/c8-4-1-12-7(10)5(9)6(4)13-3-14-2-11/h1H,3H2. The second kappa shape index (κ2) is 5.52. The van der Waals surface area contributed by atoms with Gasteiger partial charge in [0, 0.05) is 0 Å². The van der Waals surface area contributed by atoms with Gasteiger partial charge in [-0.2, -0.15) is 5.26 Å². The Balaban J connectivity index is 2.85. The van der Waals surface area contributed by atoms with E-state index in [0.29, 0.717) is 0 Å². The average molecular weight is 270 g/mol. The third-order valence-corrected chi connectivity index (χ3v) is 2.58. The number of thiocyanates is 1. The minimum atomic E-state index is 0.119. The Labute approximate surface area is 99.9 Å². The normalized spacial score (nSPS) is 9.57. The van der Waals surface area contributed by atoms with Gasteiger partial charge in [0.15, 0.2) is 10.9 Å². The lowest BCUT2D eigenvalue weighted by molar-refractivity contribution is 0.394. The molecule has 0 saturated carbocycles. The maximum Gasteiger partial charge on any atom is 0.162 e. The molecule has 1 heterocycles. The summed E-state index contributed by atoms with van der Waals surface area (Å²) < 4.78 is 5.14. The lowest BCUT2D eigenvalue weighted by Crippen LogP contribution is -1.94. The zero-order chi connectivity index (χ0) is 10.6. The molecule has 74 valence electrons. The molecule has 0 saturated heterocycles. The smallest absolute Gasteiger partial charge is 0.162 e.